The molecule has 0 unspecified atom stereocenters. The van der Waals surface area contributed by atoms with Crippen LogP contribution in [0.2, 0.25) is 5.02 Å². The fraction of sp³-hybridized carbons (Fsp3) is 0.455. The number of benzene rings is 2. The first-order valence-electron chi connectivity index (χ1n) is 15.4. The number of halogens is 2. The molecule has 2 aromatic carbocycles. The van der Waals surface area contributed by atoms with Gasteiger partial charge in [0, 0.05) is 86.8 Å². The first kappa shape index (κ1) is 31.2. The highest BCUT2D eigenvalue weighted by Gasteiger charge is 2.34. The van der Waals surface area contributed by atoms with Crippen LogP contribution in [0, 0.1) is 12.7 Å². The minimum atomic E-state index is -0.539. The molecule has 45 heavy (non-hydrogen) atoms. The number of aromatic nitrogens is 4. The topological polar surface area (TPSA) is 82.9 Å². The summed E-state index contributed by atoms with van der Waals surface area (Å²) in [5.41, 5.74) is 2.74. The lowest BCUT2D eigenvalue weighted by molar-refractivity contribution is -0.128. The Labute approximate surface area is 268 Å². The molecular weight excluding hydrogens is 595 g/mol. The monoisotopic (exact) mass is 634 g/mol. The molecule has 4 aromatic rings. The lowest BCUT2D eigenvalue weighted by Gasteiger charge is -2.44. The number of piperazine rings is 2. The predicted octanol–water partition coefficient (Wildman–Crippen LogP) is 4.52. The van der Waals surface area contributed by atoms with Crippen molar-refractivity contribution in [2.24, 2.45) is 7.05 Å². The average Bonchev–Trinajstić information content (AvgIpc) is 3.40. The highest BCUT2D eigenvalue weighted by molar-refractivity contribution is 6.35. The Morgan fingerprint density at radius 1 is 1.11 bits per heavy atom. The number of likely N-dealkylation sites (N-methyl/N-ethyl adjacent to an activating group) is 1. The van der Waals surface area contributed by atoms with Gasteiger partial charge in [0.25, 0.3) is 0 Å². The number of hydrogen-bond acceptors (Lipinski definition) is 8. The number of aryl methyl sites for hydroxylation is 2. The number of anilines is 1. The van der Waals surface area contributed by atoms with E-state index in [1.165, 1.54) is 6.08 Å². The predicted molar refractivity (Wildman–Crippen MR) is 177 cm³/mol. The Bertz CT molecular complexity index is 1770. The molecule has 4 heterocycles. The molecular formula is C33H40ClFN8O2. The van der Waals surface area contributed by atoms with Crippen LogP contribution in [0.25, 0.3) is 32.9 Å². The second-order valence-corrected chi connectivity index (χ2v) is 12.7. The summed E-state index contributed by atoms with van der Waals surface area (Å²) in [5, 5.41) is 6.04. The van der Waals surface area contributed by atoms with Crippen molar-refractivity contribution >= 4 is 45.1 Å². The lowest BCUT2D eigenvalue weighted by atomic mass is 9.96. The summed E-state index contributed by atoms with van der Waals surface area (Å²) in [6, 6.07) is 5.55. The van der Waals surface area contributed by atoms with Crippen LogP contribution < -0.4 is 9.64 Å². The van der Waals surface area contributed by atoms with E-state index in [-0.39, 0.29) is 40.1 Å². The van der Waals surface area contributed by atoms with Crippen molar-refractivity contribution in [1.29, 1.82) is 0 Å². The van der Waals surface area contributed by atoms with Gasteiger partial charge >= 0.3 is 6.01 Å². The zero-order valence-electron chi connectivity index (χ0n) is 26.6. The van der Waals surface area contributed by atoms with Crippen molar-refractivity contribution in [3.05, 3.63) is 53.5 Å². The van der Waals surface area contributed by atoms with E-state index in [2.05, 4.69) is 38.4 Å². The number of hydrogen-bond donors (Lipinski definition) is 0. The molecule has 0 aliphatic carbocycles. The van der Waals surface area contributed by atoms with E-state index in [4.69, 9.17) is 21.3 Å². The molecule has 238 valence electrons. The number of rotatable bonds is 7. The normalized spacial score (nSPS) is 19.9. The van der Waals surface area contributed by atoms with Crippen LogP contribution in [0.4, 0.5) is 10.2 Å². The Morgan fingerprint density at radius 3 is 2.60 bits per heavy atom. The quantitative estimate of drug-likeness (QED) is 0.275. The smallest absolute Gasteiger partial charge is 0.319 e. The van der Waals surface area contributed by atoms with E-state index in [1.54, 1.807) is 21.8 Å². The van der Waals surface area contributed by atoms with Crippen molar-refractivity contribution in [3.63, 3.8) is 0 Å². The maximum atomic E-state index is 17.0. The van der Waals surface area contributed by atoms with Gasteiger partial charge in [0.2, 0.25) is 5.91 Å². The molecule has 6 rings (SSSR count). The summed E-state index contributed by atoms with van der Waals surface area (Å²) in [5.74, 6) is -0.126. The average molecular weight is 635 g/mol. The molecule has 0 N–H and O–H groups in total. The second kappa shape index (κ2) is 12.5. The zero-order valence-corrected chi connectivity index (χ0v) is 27.3. The van der Waals surface area contributed by atoms with Gasteiger partial charge in [0.1, 0.15) is 17.9 Å². The molecule has 2 aliphatic heterocycles. The molecule has 2 aromatic heterocycles. The second-order valence-electron chi connectivity index (χ2n) is 12.3. The van der Waals surface area contributed by atoms with Gasteiger partial charge in [0.15, 0.2) is 5.82 Å². The van der Waals surface area contributed by atoms with E-state index in [9.17, 15) is 4.79 Å². The first-order chi connectivity index (χ1) is 21.6. The maximum Gasteiger partial charge on any atom is 0.319 e. The summed E-state index contributed by atoms with van der Waals surface area (Å²) >= 11 is 6.97. The van der Waals surface area contributed by atoms with Gasteiger partial charge in [-0.25, -0.2) is 4.39 Å². The molecule has 10 nitrogen and oxygen atoms in total. The van der Waals surface area contributed by atoms with Gasteiger partial charge in [-0.1, -0.05) is 30.3 Å². The molecule has 12 heteroatoms. The van der Waals surface area contributed by atoms with Gasteiger partial charge in [-0.05, 0) is 45.5 Å². The van der Waals surface area contributed by atoms with E-state index in [0.717, 1.165) is 49.2 Å². The number of carbonyl (C=O) groups excluding carboxylic acids is 1. The highest BCUT2D eigenvalue weighted by atomic mass is 35.5. The van der Waals surface area contributed by atoms with Gasteiger partial charge in [0.05, 0.1) is 16.7 Å². The largest absolute Gasteiger partial charge is 0.462 e. The number of amides is 1. The zero-order chi connectivity index (χ0) is 32.0. The van der Waals surface area contributed by atoms with E-state index in [1.807, 2.05) is 40.0 Å². The van der Waals surface area contributed by atoms with Crippen LogP contribution in [0.15, 0.2) is 37.1 Å². The summed E-state index contributed by atoms with van der Waals surface area (Å²) in [7, 11) is 3.96. The van der Waals surface area contributed by atoms with Crippen molar-refractivity contribution in [2.75, 3.05) is 64.4 Å². The molecule has 0 radical (unpaired) electrons. The fourth-order valence-electron chi connectivity index (χ4n) is 6.54. The van der Waals surface area contributed by atoms with Gasteiger partial charge < -0.3 is 19.4 Å². The minimum Gasteiger partial charge on any atom is -0.462 e. The minimum absolute atomic E-state index is 0.110. The molecule has 2 fully saturated rings. The maximum absolute atomic E-state index is 17.0. The number of carbonyl (C=O) groups is 1. The summed E-state index contributed by atoms with van der Waals surface area (Å²) in [6.45, 7) is 15.6. The van der Waals surface area contributed by atoms with Crippen LogP contribution in [-0.4, -0.2) is 112 Å². The van der Waals surface area contributed by atoms with Crippen LogP contribution in [-0.2, 0) is 11.8 Å². The molecule has 2 atom stereocenters. The summed E-state index contributed by atoms with van der Waals surface area (Å²) in [4.78, 5) is 30.6. The Hall–Kier alpha value is -3.80. The van der Waals surface area contributed by atoms with E-state index >= 15 is 4.39 Å². The third-order valence-electron chi connectivity index (χ3n) is 9.15. The molecule has 0 saturated carbocycles. The van der Waals surface area contributed by atoms with Gasteiger partial charge in [-0.3, -0.25) is 14.4 Å². The molecule has 2 aliphatic rings. The van der Waals surface area contributed by atoms with Crippen molar-refractivity contribution in [1.82, 2.24) is 34.4 Å². The molecule has 0 spiro atoms. The third-order valence-corrected chi connectivity index (χ3v) is 9.45. The lowest BCUT2D eigenvalue weighted by Crippen LogP contribution is -2.58. The molecule has 1 amide bonds. The Morgan fingerprint density at radius 2 is 1.87 bits per heavy atom. The van der Waals surface area contributed by atoms with Crippen molar-refractivity contribution in [2.45, 2.75) is 32.9 Å². The summed E-state index contributed by atoms with van der Waals surface area (Å²) < 4.78 is 24.9. The van der Waals surface area contributed by atoms with Gasteiger partial charge in [-0.15, -0.1) is 0 Å². The summed E-state index contributed by atoms with van der Waals surface area (Å²) in [6.07, 6.45) is 3.10. The third kappa shape index (κ3) is 5.84. The van der Waals surface area contributed by atoms with Crippen molar-refractivity contribution in [3.8, 4) is 17.1 Å². The number of fused-ring (bicyclic) bond motifs is 2. The Kier molecular flexibility index (Phi) is 8.69. The van der Waals surface area contributed by atoms with Gasteiger partial charge in [-0.2, -0.15) is 15.1 Å². The number of ether oxygens (including phenoxy) is 1. The van der Waals surface area contributed by atoms with Crippen LogP contribution in [0.5, 0.6) is 6.01 Å². The van der Waals surface area contributed by atoms with E-state index < -0.39 is 5.82 Å². The van der Waals surface area contributed by atoms with Crippen LogP contribution in [0.1, 0.15) is 19.4 Å². The van der Waals surface area contributed by atoms with Crippen molar-refractivity contribution < 1.29 is 13.9 Å². The van der Waals surface area contributed by atoms with Crippen LogP contribution >= 0.6 is 11.6 Å². The highest BCUT2D eigenvalue weighted by Crippen LogP contribution is 2.43. The molecule has 0 bridgehead atoms. The Balaban J connectivity index is 1.45. The SMILES string of the molecule is C=CC(=O)N1C[C@H](C)N(c2nc(OCCN3CCN(C)CC3)nc3c(F)c(-c4c(C)ccc5cnn(C)c45)c(Cl)cc23)C[C@H]1C. The van der Waals surface area contributed by atoms with E-state index in [0.29, 0.717) is 36.5 Å². The fourth-order valence-corrected chi connectivity index (χ4v) is 6.83. The standard InChI is InChI=1S/C33H40ClFN8O2/c1-7-26(44)42-18-22(4)43(19-21(42)3)32-24-16-25(34)28(27-20(2)8-9-23-17-36-40(6)31(23)27)29(35)30(24)37-33(38-32)45-15-14-41-12-10-39(5)11-13-41/h7-9,16-17,21-22H,1,10-15,18-19H2,2-6H3/t21-,22+/m1/s1. The van der Waals surface area contributed by atoms with Crippen LogP contribution in [0.3, 0.4) is 0 Å². The number of nitrogens with zero attached hydrogens (tertiary/aromatic N) is 8. The first-order valence-corrected chi connectivity index (χ1v) is 15.8. The molecule has 2 saturated heterocycles.